The lowest BCUT2D eigenvalue weighted by atomic mass is 9.99. The van der Waals surface area contributed by atoms with E-state index in [1.807, 2.05) is 49.4 Å². The number of carbonyl (C=O) groups is 2. The molecule has 1 atom stereocenters. The van der Waals surface area contributed by atoms with E-state index >= 15 is 0 Å². The fraction of sp³-hybridized carbons (Fsp3) is 0.167. The van der Waals surface area contributed by atoms with Crippen LogP contribution in [0.2, 0.25) is 0 Å². The van der Waals surface area contributed by atoms with Crippen LogP contribution in [0, 0.1) is 0 Å². The van der Waals surface area contributed by atoms with Crippen molar-refractivity contribution in [3.05, 3.63) is 93.4 Å². The molecule has 4 nitrogen and oxygen atoms in total. The van der Waals surface area contributed by atoms with Crippen molar-refractivity contribution >= 4 is 33.7 Å². The Morgan fingerprint density at radius 2 is 1.76 bits per heavy atom. The van der Waals surface area contributed by atoms with Crippen LogP contribution in [0.25, 0.3) is 5.57 Å². The molecular formula is C24H22N2O2S. The third-order valence-electron chi connectivity index (χ3n) is 5.49. The molecule has 1 unspecified atom stereocenters. The van der Waals surface area contributed by atoms with Gasteiger partial charge in [-0.1, -0.05) is 61.5 Å². The molecule has 1 aliphatic carbocycles. The smallest absolute Gasteiger partial charge is 0.252 e. The predicted octanol–water partition coefficient (Wildman–Crippen LogP) is 4.97. The second kappa shape index (κ2) is 7.68. The second-order valence-corrected chi connectivity index (χ2v) is 8.36. The summed E-state index contributed by atoms with van der Waals surface area (Å²) in [5.41, 5.74) is 11.1. The number of benzene rings is 2. The van der Waals surface area contributed by atoms with Gasteiger partial charge in [0.05, 0.1) is 5.56 Å². The largest absolute Gasteiger partial charge is 0.366 e. The Bertz CT molecular complexity index is 1130. The van der Waals surface area contributed by atoms with E-state index in [2.05, 4.69) is 24.4 Å². The maximum atomic E-state index is 13.0. The summed E-state index contributed by atoms with van der Waals surface area (Å²) >= 11 is 1.41. The lowest BCUT2D eigenvalue weighted by Gasteiger charge is -2.09. The van der Waals surface area contributed by atoms with Gasteiger partial charge in [0.15, 0.2) is 0 Å². The molecule has 2 aromatic carbocycles. The molecule has 1 heterocycles. The number of primary amides is 1. The Morgan fingerprint density at radius 1 is 1.07 bits per heavy atom. The van der Waals surface area contributed by atoms with Gasteiger partial charge in [-0.05, 0) is 35.3 Å². The standard InChI is InChI=1S/C24H22N2O2S/c1-14(16-8-4-3-5-9-16)21-13-20(22(25)27)24(29-21)26-23(28)19-12-17-10-6-7-11-18(17)15(19)2/h3-11,13-14H,12H2,1-2H3,(H2,25,27)(H,26,28). The van der Waals surface area contributed by atoms with Gasteiger partial charge in [0.25, 0.3) is 11.8 Å². The molecule has 4 rings (SSSR count). The van der Waals surface area contributed by atoms with Crippen LogP contribution in [0.3, 0.4) is 0 Å². The Morgan fingerprint density at radius 3 is 2.45 bits per heavy atom. The van der Waals surface area contributed by atoms with Gasteiger partial charge in [-0.15, -0.1) is 11.3 Å². The van der Waals surface area contributed by atoms with Crippen molar-refractivity contribution in [3.63, 3.8) is 0 Å². The second-order valence-electron chi connectivity index (χ2n) is 7.28. The summed E-state index contributed by atoms with van der Waals surface area (Å²) in [4.78, 5) is 26.0. The van der Waals surface area contributed by atoms with Crippen LogP contribution >= 0.6 is 11.3 Å². The van der Waals surface area contributed by atoms with Gasteiger partial charge in [-0.3, -0.25) is 9.59 Å². The zero-order valence-corrected chi connectivity index (χ0v) is 17.2. The van der Waals surface area contributed by atoms with Gasteiger partial charge in [-0.2, -0.15) is 0 Å². The lowest BCUT2D eigenvalue weighted by Crippen LogP contribution is -2.18. The molecule has 2 amide bonds. The monoisotopic (exact) mass is 402 g/mol. The number of amides is 2. The number of carbonyl (C=O) groups excluding carboxylic acids is 2. The minimum atomic E-state index is -0.538. The topological polar surface area (TPSA) is 72.2 Å². The number of anilines is 1. The van der Waals surface area contributed by atoms with Gasteiger partial charge < -0.3 is 11.1 Å². The molecule has 5 heteroatoms. The summed E-state index contributed by atoms with van der Waals surface area (Å²) < 4.78 is 0. The number of thiophene rings is 1. The van der Waals surface area contributed by atoms with Crippen molar-refractivity contribution in [2.75, 3.05) is 5.32 Å². The van der Waals surface area contributed by atoms with Crippen molar-refractivity contribution in [1.29, 1.82) is 0 Å². The first-order valence-corrected chi connectivity index (χ1v) is 10.3. The third-order valence-corrected chi connectivity index (χ3v) is 6.72. The van der Waals surface area contributed by atoms with E-state index in [-0.39, 0.29) is 11.8 Å². The Balaban J connectivity index is 1.62. The first kappa shape index (κ1) is 19.2. The van der Waals surface area contributed by atoms with Gasteiger partial charge in [0, 0.05) is 22.8 Å². The minimum absolute atomic E-state index is 0.0987. The highest BCUT2D eigenvalue weighted by Gasteiger charge is 2.25. The molecule has 0 fully saturated rings. The quantitative estimate of drug-likeness (QED) is 0.633. The maximum absolute atomic E-state index is 13.0. The van der Waals surface area contributed by atoms with Crippen LogP contribution in [0.4, 0.5) is 5.00 Å². The number of hydrogen-bond acceptors (Lipinski definition) is 3. The summed E-state index contributed by atoms with van der Waals surface area (Å²) in [5, 5.41) is 3.46. The van der Waals surface area contributed by atoms with Crippen molar-refractivity contribution in [1.82, 2.24) is 0 Å². The molecule has 0 saturated heterocycles. The first-order valence-electron chi connectivity index (χ1n) is 9.53. The van der Waals surface area contributed by atoms with Crippen molar-refractivity contribution in [2.45, 2.75) is 26.2 Å². The molecule has 1 aliphatic rings. The van der Waals surface area contributed by atoms with Crippen molar-refractivity contribution < 1.29 is 9.59 Å². The number of allylic oxidation sites excluding steroid dienone is 1. The molecule has 29 heavy (non-hydrogen) atoms. The minimum Gasteiger partial charge on any atom is -0.366 e. The Kier molecular flexibility index (Phi) is 5.07. The molecule has 3 aromatic rings. The molecular weight excluding hydrogens is 380 g/mol. The molecule has 0 radical (unpaired) electrons. The third kappa shape index (κ3) is 3.61. The summed E-state index contributed by atoms with van der Waals surface area (Å²) in [7, 11) is 0. The van der Waals surface area contributed by atoms with Gasteiger partial charge >= 0.3 is 0 Å². The molecule has 146 valence electrons. The van der Waals surface area contributed by atoms with Gasteiger partial charge in [-0.25, -0.2) is 0 Å². The van der Waals surface area contributed by atoms with E-state index in [4.69, 9.17) is 5.73 Å². The highest BCUT2D eigenvalue weighted by molar-refractivity contribution is 7.16. The van der Waals surface area contributed by atoms with E-state index in [0.29, 0.717) is 17.0 Å². The summed E-state index contributed by atoms with van der Waals surface area (Å²) in [6.07, 6.45) is 0.596. The highest BCUT2D eigenvalue weighted by Crippen LogP contribution is 2.37. The van der Waals surface area contributed by atoms with E-state index in [0.717, 1.165) is 32.7 Å². The first-order chi connectivity index (χ1) is 14.0. The predicted molar refractivity (Wildman–Crippen MR) is 118 cm³/mol. The van der Waals surface area contributed by atoms with Crippen LogP contribution in [0.1, 0.15) is 51.7 Å². The van der Waals surface area contributed by atoms with E-state index in [1.165, 1.54) is 11.3 Å². The SMILES string of the molecule is CC1=C(C(=O)Nc2sc(C(C)c3ccccc3)cc2C(N)=O)Cc2ccccc21. The fourth-order valence-electron chi connectivity index (χ4n) is 3.76. The van der Waals surface area contributed by atoms with E-state index in [1.54, 1.807) is 6.07 Å². The number of fused-ring (bicyclic) bond motifs is 1. The van der Waals surface area contributed by atoms with Gasteiger partial charge in [0.2, 0.25) is 0 Å². The average molecular weight is 403 g/mol. The Hall–Kier alpha value is -3.18. The van der Waals surface area contributed by atoms with Crippen LogP contribution in [0.5, 0.6) is 0 Å². The molecule has 0 aliphatic heterocycles. The molecule has 1 aromatic heterocycles. The van der Waals surface area contributed by atoms with Crippen LogP contribution in [0.15, 0.2) is 66.2 Å². The number of nitrogens with two attached hydrogens (primary N) is 1. The highest BCUT2D eigenvalue weighted by atomic mass is 32.1. The van der Waals surface area contributed by atoms with E-state index < -0.39 is 5.91 Å². The van der Waals surface area contributed by atoms with Crippen LogP contribution < -0.4 is 11.1 Å². The summed E-state index contributed by atoms with van der Waals surface area (Å²) in [6, 6.07) is 19.9. The zero-order chi connectivity index (χ0) is 20.5. The molecule has 0 spiro atoms. The van der Waals surface area contributed by atoms with Crippen LogP contribution in [-0.2, 0) is 11.2 Å². The average Bonchev–Trinajstić information content (AvgIpc) is 3.30. The van der Waals surface area contributed by atoms with Crippen LogP contribution in [-0.4, -0.2) is 11.8 Å². The Labute approximate surface area is 174 Å². The van der Waals surface area contributed by atoms with E-state index in [9.17, 15) is 9.59 Å². The molecule has 3 N–H and O–H groups in total. The summed E-state index contributed by atoms with van der Waals surface area (Å²) in [5.74, 6) is -0.618. The molecule has 0 saturated carbocycles. The van der Waals surface area contributed by atoms with Crippen molar-refractivity contribution in [3.8, 4) is 0 Å². The summed E-state index contributed by atoms with van der Waals surface area (Å²) in [6.45, 7) is 4.05. The zero-order valence-electron chi connectivity index (χ0n) is 16.4. The molecule has 0 bridgehead atoms. The van der Waals surface area contributed by atoms with Crippen molar-refractivity contribution in [2.24, 2.45) is 5.73 Å². The fourth-order valence-corrected chi connectivity index (χ4v) is 4.90. The number of rotatable bonds is 5. The van der Waals surface area contributed by atoms with Gasteiger partial charge in [0.1, 0.15) is 5.00 Å². The number of hydrogen-bond donors (Lipinski definition) is 2. The maximum Gasteiger partial charge on any atom is 0.252 e. The number of nitrogens with one attached hydrogen (secondary N) is 1. The lowest BCUT2D eigenvalue weighted by molar-refractivity contribution is -0.112. The normalized spacial score (nSPS) is 13.9.